The van der Waals surface area contributed by atoms with Crippen LogP contribution in [0.5, 0.6) is 34.5 Å². The first kappa shape index (κ1) is 42.1. The Morgan fingerprint density at radius 2 is 0.493 bits per heavy atom. The molecule has 0 spiro atoms. The van der Waals surface area contributed by atoms with Crippen molar-refractivity contribution in [3.8, 4) is 34.5 Å². The van der Waals surface area contributed by atoms with Gasteiger partial charge in [-0.15, -0.1) is 0 Å². The van der Waals surface area contributed by atoms with Gasteiger partial charge in [-0.25, -0.2) is 0 Å². The normalized spacial score (nSPS) is 16.8. The Kier molecular flexibility index (Phi) is 8.51. The fourth-order valence-corrected chi connectivity index (χ4v) is 13.6. The van der Waals surface area contributed by atoms with E-state index in [-0.39, 0.29) is 16.2 Å². The van der Waals surface area contributed by atoms with Crippen LogP contribution in [0, 0.1) is 0 Å². The molecule has 350 valence electrons. The van der Waals surface area contributed by atoms with Crippen LogP contribution < -0.4 is 19.1 Å². The summed E-state index contributed by atoms with van der Waals surface area (Å²) in [7, 11) is 0. The Labute approximate surface area is 426 Å². The van der Waals surface area contributed by atoms with Gasteiger partial charge in [-0.3, -0.25) is 0 Å². The molecule has 73 heavy (non-hydrogen) atoms. The van der Waals surface area contributed by atoms with Crippen LogP contribution in [-0.4, -0.2) is 0 Å². The average Bonchev–Trinajstić information content (AvgIpc) is 3.68. The monoisotopic (exact) mass is 941 g/mol. The molecule has 4 heteroatoms. The number of ether oxygens (including phenoxy) is 3. The lowest BCUT2D eigenvalue weighted by molar-refractivity contribution is 0.479. The Balaban J connectivity index is 0.950. The summed E-state index contributed by atoms with van der Waals surface area (Å²) in [5.74, 6) is 5.29. The molecule has 3 heterocycles. The molecule has 0 unspecified atom stereocenters. The van der Waals surface area contributed by atoms with E-state index in [1.165, 1.54) is 66.8 Å². The molecule has 9 aromatic rings. The second-order valence-electron chi connectivity index (χ2n) is 21.9. The van der Waals surface area contributed by atoms with Crippen LogP contribution in [-0.2, 0) is 16.2 Å². The van der Waals surface area contributed by atoms with Crippen molar-refractivity contribution in [2.75, 3.05) is 4.90 Å². The molecule has 3 aliphatic carbocycles. The Morgan fingerprint density at radius 1 is 0.260 bits per heavy atom. The molecule has 0 fully saturated rings. The van der Waals surface area contributed by atoms with Crippen molar-refractivity contribution in [3.05, 3.63) is 267 Å². The standard InChI is InChI=1S/C69H51NO3/c1-67(2)52-37-40(31-34-43(52)61-46-19-7-13-25-55(46)71-58-28-16-10-22-49(58)64(61)67)70(41-32-35-44-53(38-41)68(3,4)65-50-23-11-17-29-59(50)72-56-26-14-8-20-47(56)62(44)65)42-33-36-45-54(39-42)69(5,6)66-51-24-12-18-30-60(51)73-57-27-15-9-21-48(57)63(45)66/h7-39H,1-6H3. The molecule has 0 aromatic heterocycles. The van der Waals surface area contributed by atoms with Gasteiger partial charge in [0.1, 0.15) is 34.5 Å². The predicted octanol–water partition coefficient (Wildman–Crippen LogP) is 18.2. The molecule has 0 radical (unpaired) electrons. The van der Waals surface area contributed by atoms with Gasteiger partial charge in [0.05, 0.1) is 0 Å². The third-order valence-electron chi connectivity index (χ3n) is 16.8. The summed E-state index contributed by atoms with van der Waals surface area (Å²) >= 11 is 0. The number of allylic oxidation sites excluding steroid dienone is 3. The number of fused-ring (bicyclic) bond motifs is 18. The first-order valence-electron chi connectivity index (χ1n) is 25.6. The van der Waals surface area contributed by atoms with E-state index in [1.54, 1.807) is 0 Å². The molecule has 0 atom stereocenters. The molecular formula is C69H51NO3. The maximum absolute atomic E-state index is 6.72. The topological polar surface area (TPSA) is 30.9 Å². The average molecular weight is 942 g/mol. The predicted molar refractivity (Wildman–Crippen MR) is 297 cm³/mol. The Hall–Kier alpha value is -8.60. The highest BCUT2D eigenvalue weighted by Gasteiger charge is 2.46. The van der Waals surface area contributed by atoms with Gasteiger partial charge < -0.3 is 19.1 Å². The van der Waals surface area contributed by atoms with Crippen LogP contribution in [0.1, 0.15) is 108 Å². The SMILES string of the molecule is CC1(C)C2=C(c3ccccc3Oc3ccccc32)c2ccc(N(c3ccc4c(c3)C(C)(C)C3=C4c4ccccc4Oc4ccccc43)c3ccc4c(c3)C(C)(C)C3=C4c4ccccc4Oc4ccccc43)cc21. The minimum Gasteiger partial charge on any atom is -0.456 e. The molecule has 0 saturated heterocycles. The van der Waals surface area contributed by atoms with Gasteiger partial charge in [0, 0.05) is 66.7 Å². The minimum absolute atomic E-state index is 0.363. The number of hydrogen-bond donors (Lipinski definition) is 0. The van der Waals surface area contributed by atoms with Gasteiger partial charge in [-0.2, -0.15) is 0 Å². The lowest BCUT2D eigenvalue weighted by Crippen LogP contribution is -2.20. The molecule has 4 nitrogen and oxygen atoms in total. The fourth-order valence-electron chi connectivity index (χ4n) is 13.6. The van der Waals surface area contributed by atoms with Crippen molar-refractivity contribution >= 4 is 50.5 Å². The second kappa shape index (κ2) is 14.7. The summed E-state index contributed by atoms with van der Waals surface area (Å²) in [6.07, 6.45) is 0. The number of para-hydroxylation sites is 6. The van der Waals surface area contributed by atoms with Crippen LogP contribution in [0.3, 0.4) is 0 Å². The highest BCUT2D eigenvalue weighted by atomic mass is 16.5. The van der Waals surface area contributed by atoms with Crippen LogP contribution in [0.15, 0.2) is 200 Å². The summed E-state index contributed by atoms with van der Waals surface area (Å²) in [6, 6.07) is 72.8. The molecule has 6 aliphatic rings. The zero-order valence-corrected chi connectivity index (χ0v) is 41.7. The molecule has 0 saturated carbocycles. The third kappa shape index (κ3) is 5.72. The Morgan fingerprint density at radius 3 is 0.767 bits per heavy atom. The van der Waals surface area contributed by atoms with Gasteiger partial charge >= 0.3 is 0 Å². The van der Waals surface area contributed by atoms with Crippen molar-refractivity contribution < 1.29 is 14.2 Å². The van der Waals surface area contributed by atoms with Crippen LogP contribution >= 0.6 is 0 Å². The van der Waals surface area contributed by atoms with E-state index in [0.717, 1.165) is 84.9 Å². The maximum atomic E-state index is 6.72. The number of rotatable bonds is 3. The summed E-state index contributed by atoms with van der Waals surface area (Å²) < 4.78 is 20.2. The van der Waals surface area contributed by atoms with Crippen LogP contribution in [0.4, 0.5) is 17.1 Å². The van der Waals surface area contributed by atoms with Crippen molar-refractivity contribution in [1.82, 2.24) is 0 Å². The minimum atomic E-state index is -0.363. The largest absolute Gasteiger partial charge is 0.456 e. The van der Waals surface area contributed by atoms with Crippen molar-refractivity contribution in [2.45, 2.75) is 57.8 Å². The van der Waals surface area contributed by atoms with Crippen molar-refractivity contribution in [1.29, 1.82) is 0 Å². The van der Waals surface area contributed by atoms with E-state index in [1.807, 2.05) is 0 Å². The van der Waals surface area contributed by atoms with Crippen LogP contribution in [0.25, 0.3) is 33.4 Å². The summed E-state index contributed by atoms with van der Waals surface area (Å²) in [6.45, 7) is 14.3. The van der Waals surface area contributed by atoms with Gasteiger partial charge in [0.15, 0.2) is 0 Å². The Bertz CT molecular complexity index is 3630. The smallest absolute Gasteiger partial charge is 0.135 e. The fraction of sp³-hybridized carbons (Fsp3) is 0.130. The molecule has 0 bridgehead atoms. The second-order valence-corrected chi connectivity index (χ2v) is 21.9. The van der Waals surface area contributed by atoms with E-state index in [4.69, 9.17) is 14.2 Å². The number of nitrogens with zero attached hydrogens (tertiary/aromatic N) is 1. The summed E-state index contributed by atoms with van der Waals surface area (Å²) in [4.78, 5) is 2.51. The van der Waals surface area contributed by atoms with E-state index in [9.17, 15) is 0 Å². The van der Waals surface area contributed by atoms with Crippen molar-refractivity contribution in [3.63, 3.8) is 0 Å². The lowest BCUT2D eigenvalue weighted by atomic mass is 9.77. The van der Waals surface area contributed by atoms with E-state index in [2.05, 4.69) is 247 Å². The van der Waals surface area contributed by atoms with E-state index in [0.29, 0.717) is 0 Å². The zero-order chi connectivity index (χ0) is 49.1. The molecule has 9 aromatic carbocycles. The third-order valence-corrected chi connectivity index (χ3v) is 16.8. The van der Waals surface area contributed by atoms with Gasteiger partial charge in [-0.1, -0.05) is 169 Å². The maximum Gasteiger partial charge on any atom is 0.135 e. The molecular weight excluding hydrogens is 891 g/mol. The highest BCUT2D eigenvalue weighted by Crippen LogP contribution is 2.63. The number of benzene rings is 9. The van der Waals surface area contributed by atoms with E-state index < -0.39 is 0 Å². The molecule has 3 aliphatic heterocycles. The quantitative estimate of drug-likeness (QED) is 0.177. The summed E-state index contributed by atoms with van der Waals surface area (Å²) in [5, 5.41) is 0. The van der Waals surface area contributed by atoms with Crippen LogP contribution in [0.2, 0.25) is 0 Å². The molecule has 0 amide bonds. The first-order valence-corrected chi connectivity index (χ1v) is 25.6. The number of hydrogen-bond acceptors (Lipinski definition) is 4. The molecule has 0 N–H and O–H groups in total. The van der Waals surface area contributed by atoms with Gasteiger partial charge in [0.25, 0.3) is 0 Å². The van der Waals surface area contributed by atoms with E-state index >= 15 is 0 Å². The number of anilines is 3. The highest BCUT2D eigenvalue weighted by molar-refractivity contribution is 6.13. The first-order chi connectivity index (χ1) is 35.5. The van der Waals surface area contributed by atoms with Crippen molar-refractivity contribution in [2.24, 2.45) is 0 Å². The molecule has 15 rings (SSSR count). The lowest BCUT2D eigenvalue weighted by Gasteiger charge is -2.32. The summed E-state index contributed by atoms with van der Waals surface area (Å²) in [5.41, 5.74) is 24.2. The van der Waals surface area contributed by atoms with Gasteiger partial charge in [-0.05, 0) is 140 Å². The zero-order valence-electron chi connectivity index (χ0n) is 41.7. The van der Waals surface area contributed by atoms with Gasteiger partial charge in [0.2, 0.25) is 0 Å².